The number of hydrogen-bond donors (Lipinski definition) is 2. The van der Waals surface area contributed by atoms with Crippen LogP contribution in [0.4, 0.5) is 0 Å². The van der Waals surface area contributed by atoms with E-state index in [1.54, 1.807) is 0 Å². The Morgan fingerprint density at radius 3 is 2.14 bits per heavy atom. The number of rotatable bonds is 8. The lowest BCUT2D eigenvalue weighted by Crippen LogP contribution is -2.40. The third-order valence-electron chi connectivity index (χ3n) is 2.08. The van der Waals surface area contributed by atoms with Crippen molar-refractivity contribution >= 4 is 0 Å². The molecule has 0 aliphatic heterocycles. The number of hydrogen-bond acceptors (Lipinski definition) is 5. The first-order chi connectivity index (χ1) is 6.71. The van der Waals surface area contributed by atoms with Gasteiger partial charge in [-0.15, -0.1) is 0 Å². The van der Waals surface area contributed by atoms with E-state index in [1.165, 1.54) is 14.2 Å². The average molecular weight is 208 g/mol. The summed E-state index contributed by atoms with van der Waals surface area (Å²) in [6.45, 7) is 1.78. The lowest BCUT2D eigenvalue weighted by atomic mass is 10.0. The summed E-state index contributed by atoms with van der Waals surface area (Å²) in [7, 11) is 3.01. The molecule has 0 amide bonds. The fourth-order valence-electron chi connectivity index (χ4n) is 1.20. The molecule has 14 heavy (non-hydrogen) atoms. The van der Waals surface area contributed by atoms with Gasteiger partial charge in [0.2, 0.25) is 0 Å². The first-order valence-corrected chi connectivity index (χ1v) is 4.56. The minimum atomic E-state index is -0.438. The Bertz CT molecular complexity index is 126. The Morgan fingerprint density at radius 1 is 1.14 bits per heavy atom. The van der Waals surface area contributed by atoms with Crippen LogP contribution < -0.4 is 0 Å². The van der Waals surface area contributed by atoms with Gasteiger partial charge in [-0.25, -0.2) is 0 Å². The van der Waals surface area contributed by atoms with Crippen molar-refractivity contribution in [1.82, 2.24) is 0 Å². The maximum atomic E-state index is 9.01. The van der Waals surface area contributed by atoms with Gasteiger partial charge in [-0.05, 0) is 0 Å². The second-order valence-corrected chi connectivity index (χ2v) is 3.15. The summed E-state index contributed by atoms with van der Waals surface area (Å²) in [5, 5.41) is 18.0. The SMILES string of the molecule is COCO[C@@H]([C@H](C)CO)[C@H](CO)OC. The predicted octanol–water partition coefficient (Wildman–Crippen LogP) is -0.389. The average Bonchev–Trinajstić information content (AvgIpc) is 2.23. The van der Waals surface area contributed by atoms with Gasteiger partial charge in [-0.1, -0.05) is 6.92 Å². The first kappa shape index (κ1) is 13.8. The van der Waals surface area contributed by atoms with E-state index in [9.17, 15) is 0 Å². The van der Waals surface area contributed by atoms with E-state index < -0.39 is 6.10 Å². The van der Waals surface area contributed by atoms with Crippen LogP contribution in [-0.2, 0) is 14.2 Å². The van der Waals surface area contributed by atoms with Crippen LogP contribution in [0.2, 0.25) is 0 Å². The smallest absolute Gasteiger partial charge is 0.146 e. The highest BCUT2D eigenvalue weighted by Gasteiger charge is 2.26. The quantitative estimate of drug-likeness (QED) is 0.532. The van der Waals surface area contributed by atoms with Crippen molar-refractivity contribution in [3.63, 3.8) is 0 Å². The normalized spacial score (nSPS) is 17.8. The molecule has 0 radical (unpaired) electrons. The van der Waals surface area contributed by atoms with Gasteiger partial charge in [-0.3, -0.25) is 0 Å². The fourth-order valence-corrected chi connectivity index (χ4v) is 1.20. The lowest BCUT2D eigenvalue weighted by molar-refractivity contribution is -0.151. The van der Waals surface area contributed by atoms with E-state index in [0.29, 0.717) is 0 Å². The maximum Gasteiger partial charge on any atom is 0.146 e. The molecule has 0 heterocycles. The Labute approximate surface area is 84.6 Å². The van der Waals surface area contributed by atoms with Crippen LogP contribution >= 0.6 is 0 Å². The van der Waals surface area contributed by atoms with Crippen molar-refractivity contribution < 1.29 is 24.4 Å². The zero-order chi connectivity index (χ0) is 11.0. The standard InChI is InChI=1S/C9H20O5/c1-7(4-10)9(14-6-12-2)8(5-11)13-3/h7-11H,4-6H2,1-3H3/t7-,8+,9+/m1/s1. The summed E-state index contributed by atoms with van der Waals surface area (Å²) >= 11 is 0. The number of aliphatic hydroxyl groups excluding tert-OH is 2. The van der Waals surface area contributed by atoms with Gasteiger partial charge in [0.05, 0.1) is 12.7 Å². The second-order valence-electron chi connectivity index (χ2n) is 3.15. The summed E-state index contributed by atoms with van der Waals surface area (Å²) in [4.78, 5) is 0. The number of aliphatic hydroxyl groups is 2. The van der Waals surface area contributed by atoms with Gasteiger partial charge in [0, 0.05) is 26.7 Å². The lowest BCUT2D eigenvalue weighted by Gasteiger charge is -2.28. The molecule has 2 N–H and O–H groups in total. The first-order valence-electron chi connectivity index (χ1n) is 4.56. The predicted molar refractivity (Wildman–Crippen MR) is 50.9 cm³/mol. The van der Waals surface area contributed by atoms with Crippen LogP contribution in [0.5, 0.6) is 0 Å². The van der Waals surface area contributed by atoms with Gasteiger partial charge >= 0.3 is 0 Å². The number of methoxy groups -OCH3 is 2. The summed E-state index contributed by atoms with van der Waals surface area (Å²) in [5.41, 5.74) is 0. The largest absolute Gasteiger partial charge is 0.396 e. The van der Waals surface area contributed by atoms with Gasteiger partial charge in [0.25, 0.3) is 0 Å². The Kier molecular flexibility index (Phi) is 8.02. The van der Waals surface area contributed by atoms with Gasteiger partial charge < -0.3 is 24.4 Å². The highest BCUT2D eigenvalue weighted by Crippen LogP contribution is 2.13. The molecule has 5 nitrogen and oxygen atoms in total. The minimum Gasteiger partial charge on any atom is -0.396 e. The maximum absolute atomic E-state index is 9.01. The zero-order valence-corrected chi connectivity index (χ0v) is 8.97. The number of ether oxygens (including phenoxy) is 3. The summed E-state index contributed by atoms with van der Waals surface area (Å²) in [6, 6.07) is 0. The van der Waals surface area contributed by atoms with Crippen molar-refractivity contribution in [2.24, 2.45) is 5.92 Å². The second kappa shape index (κ2) is 8.14. The van der Waals surface area contributed by atoms with Crippen molar-refractivity contribution in [3.05, 3.63) is 0 Å². The van der Waals surface area contributed by atoms with Crippen molar-refractivity contribution in [2.75, 3.05) is 34.2 Å². The van der Waals surface area contributed by atoms with Crippen LogP contribution in [0.15, 0.2) is 0 Å². The molecule has 0 saturated heterocycles. The Morgan fingerprint density at radius 2 is 1.79 bits per heavy atom. The molecule has 0 fully saturated rings. The van der Waals surface area contributed by atoms with E-state index in [0.717, 1.165) is 0 Å². The third kappa shape index (κ3) is 4.34. The van der Waals surface area contributed by atoms with E-state index in [-0.39, 0.29) is 32.0 Å². The Balaban J connectivity index is 4.19. The molecule has 86 valence electrons. The van der Waals surface area contributed by atoms with Crippen molar-refractivity contribution in [1.29, 1.82) is 0 Å². The Hall–Kier alpha value is -0.200. The van der Waals surface area contributed by atoms with E-state index in [2.05, 4.69) is 0 Å². The van der Waals surface area contributed by atoms with Gasteiger partial charge in [0.15, 0.2) is 0 Å². The molecule has 5 heteroatoms. The monoisotopic (exact) mass is 208 g/mol. The third-order valence-corrected chi connectivity index (χ3v) is 2.08. The molecule has 3 atom stereocenters. The zero-order valence-electron chi connectivity index (χ0n) is 8.97. The van der Waals surface area contributed by atoms with Crippen LogP contribution in [0.1, 0.15) is 6.92 Å². The minimum absolute atomic E-state index is 0.0196. The van der Waals surface area contributed by atoms with Crippen LogP contribution in [-0.4, -0.2) is 56.6 Å². The van der Waals surface area contributed by atoms with Crippen molar-refractivity contribution in [3.8, 4) is 0 Å². The van der Waals surface area contributed by atoms with E-state index in [1.807, 2.05) is 6.92 Å². The van der Waals surface area contributed by atoms with Gasteiger partial charge in [-0.2, -0.15) is 0 Å². The van der Waals surface area contributed by atoms with Gasteiger partial charge in [0.1, 0.15) is 12.9 Å². The molecule has 0 bridgehead atoms. The summed E-state index contributed by atoms with van der Waals surface area (Å²) in [6.07, 6.45) is -0.803. The molecule has 0 aliphatic rings. The molecule has 0 aromatic heterocycles. The van der Waals surface area contributed by atoms with E-state index in [4.69, 9.17) is 24.4 Å². The molecule has 0 saturated carbocycles. The van der Waals surface area contributed by atoms with Crippen molar-refractivity contribution in [2.45, 2.75) is 19.1 Å². The fraction of sp³-hybridized carbons (Fsp3) is 1.00. The molecule has 0 rings (SSSR count). The van der Waals surface area contributed by atoms with Crippen LogP contribution in [0.25, 0.3) is 0 Å². The molecule has 0 spiro atoms. The topological polar surface area (TPSA) is 68.2 Å². The highest BCUT2D eigenvalue weighted by atomic mass is 16.7. The molecule has 0 aromatic rings. The van der Waals surface area contributed by atoms with Crippen LogP contribution in [0, 0.1) is 5.92 Å². The van der Waals surface area contributed by atoms with Crippen LogP contribution in [0.3, 0.4) is 0 Å². The molecule has 0 aromatic carbocycles. The molecular weight excluding hydrogens is 188 g/mol. The summed E-state index contributed by atoms with van der Waals surface area (Å²) in [5.74, 6) is -0.109. The van der Waals surface area contributed by atoms with E-state index >= 15 is 0 Å². The highest BCUT2D eigenvalue weighted by molar-refractivity contribution is 4.74. The molecule has 0 unspecified atom stereocenters. The molecule has 0 aliphatic carbocycles. The summed E-state index contributed by atoms with van der Waals surface area (Å²) < 4.78 is 15.1. The molecular formula is C9H20O5.